The molecule has 0 bridgehead atoms. The molecule has 1 aromatic carbocycles. The van der Waals surface area contributed by atoms with Crippen molar-refractivity contribution in [3.63, 3.8) is 0 Å². The lowest BCUT2D eigenvalue weighted by molar-refractivity contribution is 0.411. The van der Waals surface area contributed by atoms with Crippen LogP contribution in [0.1, 0.15) is 5.82 Å². The van der Waals surface area contributed by atoms with E-state index in [0.717, 1.165) is 5.69 Å². The Morgan fingerprint density at radius 2 is 2.13 bits per heavy atom. The van der Waals surface area contributed by atoms with Crippen LogP contribution in [0, 0.1) is 6.92 Å². The molecule has 1 N–H and O–H groups in total. The molecule has 1 aromatic heterocycles. The lowest BCUT2D eigenvalue weighted by Gasteiger charge is -2.08. The summed E-state index contributed by atoms with van der Waals surface area (Å²) in [6, 6.07) is 7.42. The average Bonchev–Trinajstić information content (AvgIpc) is 2.57. The summed E-state index contributed by atoms with van der Waals surface area (Å²) in [6.07, 6.45) is 0. The molecular formula is C10H11N3O2. The molecule has 0 aliphatic rings. The number of aromatic amines is 1. The number of aryl methyl sites for hydroxylation is 1. The zero-order valence-corrected chi connectivity index (χ0v) is 8.52. The Bertz CT molecular complexity index is 527. The molecule has 2 rings (SSSR count). The standard InChI is InChI=1S/C10H11N3O2/c1-7-11-10(14)12-13(7)8-5-3-4-6-9(8)15-2/h3-6H,1-2H3,(H,12,14). The van der Waals surface area contributed by atoms with E-state index in [1.54, 1.807) is 18.7 Å². The van der Waals surface area contributed by atoms with Gasteiger partial charge in [-0.05, 0) is 19.1 Å². The second-order valence-corrected chi connectivity index (χ2v) is 3.08. The third kappa shape index (κ3) is 1.63. The van der Waals surface area contributed by atoms with Crippen molar-refractivity contribution < 1.29 is 4.74 Å². The smallest absolute Gasteiger partial charge is 0.361 e. The zero-order valence-electron chi connectivity index (χ0n) is 8.52. The summed E-state index contributed by atoms with van der Waals surface area (Å²) < 4.78 is 6.79. The quantitative estimate of drug-likeness (QED) is 0.791. The fraction of sp³-hybridized carbons (Fsp3) is 0.200. The first kappa shape index (κ1) is 9.51. The van der Waals surface area contributed by atoms with Gasteiger partial charge in [0.1, 0.15) is 17.3 Å². The van der Waals surface area contributed by atoms with E-state index in [1.807, 2.05) is 24.3 Å². The Labute approximate surface area is 86.3 Å². The summed E-state index contributed by atoms with van der Waals surface area (Å²) in [5, 5.41) is 2.61. The van der Waals surface area contributed by atoms with Gasteiger partial charge in [0.25, 0.3) is 0 Å². The minimum absolute atomic E-state index is 0.363. The maximum absolute atomic E-state index is 11.1. The van der Waals surface area contributed by atoms with E-state index in [9.17, 15) is 4.79 Å². The number of nitrogens with zero attached hydrogens (tertiary/aromatic N) is 2. The van der Waals surface area contributed by atoms with E-state index in [-0.39, 0.29) is 5.69 Å². The minimum atomic E-state index is -0.363. The molecule has 0 aliphatic heterocycles. The van der Waals surface area contributed by atoms with Crippen LogP contribution in [0.3, 0.4) is 0 Å². The van der Waals surface area contributed by atoms with Crippen molar-refractivity contribution in [2.75, 3.05) is 7.11 Å². The van der Waals surface area contributed by atoms with Crippen LogP contribution in [-0.4, -0.2) is 21.9 Å². The van der Waals surface area contributed by atoms with Gasteiger partial charge in [0.05, 0.1) is 7.11 Å². The van der Waals surface area contributed by atoms with E-state index >= 15 is 0 Å². The van der Waals surface area contributed by atoms with Crippen LogP contribution in [0.4, 0.5) is 0 Å². The van der Waals surface area contributed by atoms with Crippen molar-refractivity contribution >= 4 is 0 Å². The number of hydrogen-bond acceptors (Lipinski definition) is 3. The summed E-state index contributed by atoms with van der Waals surface area (Å²) in [6.45, 7) is 1.75. The summed E-state index contributed by atoms with van der Waals surface area (Å²) in [4.78, 5) is 14.8. The van der Waals surface area contributed by atoms with Crippen LogP contribution in [0.15, 0.2) is 29.1 Å². The van der Waals surface area contributed by atoms with E-state index in [1.165, 1.54) is 0 Å². The van der Waals surface area contributed by atoms with Crippen LogP contribution in [-0.2, 0) is 0 Å². The summed E-state index contributed by atoms with van der Waals surface area (Å²) in [5.41, 5.74) is 0.408. The number of rotatable bonds is 2. The van der Waals surface area contributed by atoms with Gasteiger partial charge < -0.3 is 4.74 Å². The fourth-order valence-electron chi connectivity index (χ4n) is 1.45. The molecule has 1 heterocycles. The Morgan fingerprint density at radius 1 is 1.40 bits per heavy atom. The number of nitrogens with one attached hydrogen (secondary N) is 1. The van der Waals surface area contributed by atoms with Gasteiger partial charge in [-0.1, -0.05) is 12.1 Å². The molecule has 0 aliphatic carbocycles. The highest BCUT2D eigenvalue weighted by Gasteiger charge is 2.07. The molecule has 0 saturated heterocycles. The van der Waals surface area contributed by atoms with E-state index in [2.05, 4.69) is 10.1 Å². The van der Waals surface area contributed by atoms with Crippen LogP contribution in [0.25, 0.3) is 5.69 Å². The Morgan fingerprint density at radius 3 is 2.73 bits per heavy atom. The molecule has 0 unspecified atom stereocenters. The Balaban J connectivity index is 2.63. The summed E-state index contributed by atoms with van der Waals surface area (Å²) in [7, 11) is 1.59. The normalized spacial score (nSPS) is 10.3. The van der Waals surface area contributed by atoms with Gasteiger partial charge in [-0.15, -0.1) is 0 Å². The molecule has 0 radical (unpaired) electrons. The highest BCUT2D eigenvalue weighted by Crippen LogP contribution is 2.21. The molecular weight excluding hydrogens is 194 g/mol. The number of ether oxygens (including phenoxy) is 1. The molecule has 0 spiro atoms. The monoisotopic (exact) mass is 205 g/mol. The first-order valence-electron chi connectivity index (χ1n) is 4.51. The number of methoxy groups -OCH3 is 1. The van der Waals surface area contributed by atoms with Crippen molar-refractivity contribution in [3.8, 4) is 11.4 Å². The van der Waals surface area contributed by atoms with Gasteiger partial charge in [0.15, 0.2) is 0 Å². The Kier molecular flexibility index (Phi) is 2.29. The van der Waals surface area contributed by atoms with Crippen LogP contribution in [0.2, 0.25) is 0 Å². The summed E-state index contributed by atoms with van der Waals surface area (Å²) >= 11 is 0. The lowest BCUT2D eigenvalue weighted by Crippen LogP contribution is -2.06. The highest BCUT2D eigenvalue weighted by molar-refractivity contribution is 5.46. The first-order chi connectivity index (χ1) is 7.22. The van der Waals surface area contributed by atoms with Crippen molar-refractivity contribution in [1.82, 2.24) is 14.8 Å². The molecule has 15 heavy (non-hydrogen) atoms. The van der Waals surface area contributed by atoms with Gasteiger partial charge in [-0.2, -0.15) is 4.98 Å². The molecule has 2 aromatic rings. The molecule has 0 saturated carbocycles. The van der Waals surface area contributed by atoms with Crippen LogP contribution in [0.5, 0.6) is 5.75 Å². The molecule has 5 nitrogen and oxygen atoms in total. The van der Waals surface area contributed by atoms with E-state index in [4.69, 9.17) is 4.74 Å². The number of aromatic nitrogens is 3. The third-order valence-corrected chi connectivity index (χ3v) is 2.12. The average molecular weight is 205 g/mol. The highest BCUT2D eigenvalue weighted by atomic mass is 16.5. The first-order valence-corrected chi connectivity index (χ1v) is 4.51. The third-order valence-electron chi connectivity index (χ3n) is 2.12. The van der Waals surface area contributed by atoms with Crippen molar-refractivity contribution in [2.24, 2.45) is 0 Å². The molecule has 78 valence electrons. The zero-order chi connectivity index (χ0) is 10.8. The molecule has 5 heteroatoms. The number of H-pyrrole nitrogens is 1. The summed E-state index contributed by atoms with van der Waals surface area (Å²) in [5.74, 6) is 1.29. The van der Waals surface area contributed by atoms with E-state index in [0.29, 0.717) is 11.6 Å². The van der Waals surface area contributed by atoms with Crippen molar-refractivity contribution in [3.05, 3.63) is 40.6 Å². The number of para-hydroxylation sites is 2. The maximum atomic E-state index is 11.1. The van der Waals surface area contributed by atoms with Crippen molar-refractivity contribution in [2.45, 2.75) is 6.92 Å². The maximum Gasteiger partial charge on any atom is 0.361 e. The Hall–Kier alpha value is -2.04. The lowest BCUT2D eigenvalue weighted by atomic mass is 10.3. The van der Waals surface area contributed by atoms with Crippen molar-refractivity contribution in [1.29, 1.82) is 0 Å². The molecule has 0 atom stereocenters. The predicted octanol–water partition coefficient (Wildman–Crippen LogP) is 0.878. The van der Waals surface area contributed by atoms with Gasteiger partial charge in [-0.25, -0.2) is 14.6 Å². The van der Waals surface area contributed by atoms with E-state index < -0.39 is 0 Å². The molecule has 0 fully saturated rings. The number of benzene rings is 1. The fourth-order valence-corrected chi connectivity index (χ4v) is 1.45. The van der Waals surface area contributed by atoms with Gasteiger partial charge >= 0.3 is 5.69 Å². The minimum Gasteiger partial charge on any atom is -0.494 e. The van der Waals surface area contributed by atoms with Gasteiger partial charge in [-0.3, -0.25) is 0 Å². The van der Waals surface area contributed by atoms with Gasteiger partial charge in [0.2, 0.25) is 0 Å². The van der Waals surface area contributed by atoms with Crippen LogP contribution < -0.4 is 10.4 Å². The SMILES string of the molecule is COc1ccccc1-n1[nH]c(=O)nc1C. The largest absolute Gasteiger partial charge is 0.494 e. The second-order valence-electron chi connectivity index (χ2n) is 3.08. The van der Waals surface area contributed by atoms with Crippen LogP contribution >= 0.6 is 0 Å². The second kappa shape index (κ2) is 3.61. The number of hydrogen-bond donors (Lipinski definition) is 1. The molecule has 0 amide bonds. The topological polar surface area (TPSA) is 59.9 Å². The van der Waals surface area contributed by atoms with Gasteiger partial charge in [0, 0.05) is 0 Å². The predicted molar refractivity (Wildman–Crippen MR) is 55.5 cm³/mol.